The van der Waals surface area contributed by atoms with Gasteiger partial charge in [0.1, 0.15) is 12.1 Å². The molecule has 3 aliphatic carbocycles. The summed E-state index contributed by atoms with van der Waals surface area (Å²) in [5, 5.41) is 3.78. The van der Waals surface area contributed by atoms with Crippen LogP contribution < -0.4 is 5.32 Å². The van der Waals surface area contributed by atoms with Gasteiger partial charge in [0, 0.05) is 17.3 Å². The van der Waals surface area contributed by atoms with Crippen molar-refractivity contribution < 1.29 is 0 Å². The summed E-state index contributed by atoms with van der Waals surface area (Å²) in [6.45, 7) is 0. The molecule has 4 rings (SSSR count). The lowest BCUT2D eigenvalue weighted by Gasteiger charge is -2.25. The van der Waals surface area contributed by atoms with Gasteiger partial charge in [-0.2, -0.15) is 0 Å². The molecule has 0 amide bonds. The number of hydrogen-bond donors (Lipinski definition) is 1. The van der Waals surface area contributed by atoms with Crippen molar-refractivity contribution in [1.82, 2.24) is 9.97 Å². The zero-order valence-electron chi connectivity index (χ0n) is 11.6. The Hall–Kier alpha value is -1.12. The molecule has 2 fully saturated rings. The maximum atomic E-state index is 4.56. The van der Waals surface area contributed by atoms with E-state index in [2.05, 4.69) is 15.3 Å². The molecule has 1 heterocycles. The zero-order valence-corrected chi connectivity index (χ0v) is 11.6. The van der Waals surface area contributed by atoms with Gasteiger partial charge in [0.05, 0.1) is 0 Å². The van der Waals surface area contributed by atoms with Crippen molar-refractivity contribution >= 4 is 5.82 Å². The Bertz CT molecular complexity index is 471. The molecule has 3 aliphatic rings. The van der Waals surface area contributed by atoms with E-state index in [4.69, 9.17) is 0 Å². The second kappa shape index (κ2) is 4.77. The highest BCUT2D eigenvalue weighted by atomic mass is 15.1. The fourth-order valence-corrected chi connectivity index (χ4v) is 4.42. The van der Waals surface area contributed by atoms with E-state index in [0.717, 1.165) is 24.1 Å². The van der Waals surface area contributed by atoms with Crippen LogP contribution in [0.2, 0.25) is 0 Å². The molecule has 1 N–H and O–H groups in total. The summed E-state index contributed by atoms with van der Waals surface area (Å²) < 4.78 is 0. The molecule has 1 aromatic rings. The van der Waals surface area contributed by atoms with Crippen molar-refractivity contribution in [1.29, 1.82) is 0 Å². The maximum absolute atomic E-state index is 4.56. The Balaban J connectivity index is 1.57. The summed E-state index contributed by atoms with van der Waals surface area (Å²) in [5.74, 6) is 3.05. The zero-order chi connectivity index (χ0) is 12.7. The van der Waals surface area contributed by atoms with Crippen LogP contribution in [0.4, 0.5) is 5.82 Å². The Morgan fingerprint density at radius 3 is 2.79 bits per heavy atom. The lowest BCUT2D eigenvalue weighted by Crippen LogP contribution is -2.27. The number of aryl methyl sites for hydroxylation is 1. The third kappa shape index (κ3) is 2.13. The van der Waals surface area contributed by atoms with Gasteiger partial charge in [0.15, 0.2) is 0 Å². The molecular weight excluding hydrogens is 234 g/mol. The molecule has 2 saturated carbocycles. The van der Waals surface area contributed by atoms with Crippen molar-refractivity contribution in [3.8, 4) is 0 Å². The van der Waals surface area contributed by atoms with E-state index in [1.54, 1.807) is 6.33 Å². The summed E-state index contributed by atoms with van der Waals surface area (Å²) in [6.07, 6.45) is 13.7. The normalized spacial score (nSPS) is 32.9. The van der Waals surface area contributed by atoms with E-state index in [9.17, 15) is 0 Å². The Labute approximate surface area is 115 Å². The third-order valence-corrected chi connectivity index (χ3v) is 5.44. The number of rotatable bonds is 2. The first-order chi connectivity index (χ1) is 9.40. The molecule has 0 saturated heterocycles. The molecule has 19 heavy (non-hydrogen) atoms. The largest absolute Gasteiger partial charge is 0.367 e. The van der Waals surface area contributed by atoms with Crippen LogP contribution in [0.15, 0.2) is 6.33 Å². The second-order valence-corrected chi connectivity index (χ2v) is 6.63. The first kappa shape index (κ1) is 11.7. The monoisotopic (exact) mass is 257 g/mol. The topological polar surface area (TPSA) is 37.8 Å². The van der Waals surface area contributed by atoms with Crippen LogP contribution in [-0.4, -0.2) is 16.0 Å². The molecule has 0 radical (unpaired) electrons. The van der Waals surface area contributed by atoms with E-state index in [-0.39, 0.29) is 0 Å². The lowest BCUT2D eigenvalue weighted by atomic mass is 9.95. The van der Waals surface area contributed by atoms with Crippen molar-refractivity contribution in [3.63, 3.8) is 0 Å². The van der Waals surface area contributed by atoms with Crippen LogP contribution >= 0.6 is 0 Å². The fourth-order valence-electron chi connectivity index (χ4n) is 4.42. The molecule has 0 aromatic carbocycles. The van der Waals surface area contributed by atoms with Gasteiger partial charge in [-0.1, -0.05) is 12.8 Å². The van der Waals surface area contributed by atoms with E-state index < -0.39 is 0 Å². The minimum Gasteiger partial charge on any atom is -0.367 e. The van der Waals surface area contributed by atoms with E-state index in [1.807, 2.05) is 0 Å². The molecule has 0 aliphatic heterocycles. The van der Waals surface area contributed by atoms with Crippen molar-refractivity contribution in [3.05, 3.63) is 17.6 Å². The van der Waals surface area contributed by atoms with Crippen LogP contribution in [0.3, 0.4) is 0 Å². The SMILES string of the molecule is c1nc2c(c(NC3CC4CCC3C4)n1)CCCCC2. The van der Waals surface area contributed by atoms with E-state index >= 15 is 0 Å². The lowest BCUT2D eigenvalue weighted by molar-refractivity contribution is 0.438. The second-order valence-electron chi connectivity index (χ2n) is 6.63. The van der Waals surface area contributed by atoms with Gasteiger partial charge in [-0.15, -0.1) is 0 Å². The number of nitrogens with one attached hydrogen (secondary N) is 1. The Morgan fingerprint density at radius 1 is 1.00 bits per heavy atom. The van der Waals surface area contributed by atoms with Crippen molar-refractivity contribution in [2.75, 3.05) is 5.32 Å². The highest BCUT2D eigenvalue weighted by Crippen LogP contribution is 2.45. The van der Waals surface area contributed by atoms with Gasteiger partial charge in [0.25, 0.3) is 0 Å². The molecule has 3 atom stereocenters. The standard InChI is InChI=1S/C16H23N3/c1-2-4-13-14(5-3-1)17-10-18-16(13)19-15-9-11-6-7-12(15)8-11/h10-12,15H,1-9H2,(H,17,18,19). The van der Waals surface area contributed by atoms with Crippen LogP contribution in [0.5, 0.6) is 0 Å². The molecule has 102 valence electrons. The highest BCUT2D eigenvalue weighted by molar-refractivity contribution is 5.47. The minimum absolute atomic E-state index is 0.681. The van der Waals surface area contributed by atoms with E-state index in [1.165, 1.54) is 62.6 Å². The fraction of sp³-hybridized carbons (Fsp3) is 0.750. The highest BCUT2D eigenvalue weighted by Gasteiger charge is 2.39. The summed E-state index contributed by atoms with van der Waals surface area (Å²) in [5.41, 5.74) is 2.72. The summed E-state index contributed by atoms with van der Waals surface area (Å²) >= 11 is 0. The minimum atomic E-state index is 0.681. The molecule has 3 heteroatoms. The first-order valence-electron chi connectivity index (χ1n) is 7.99. The summed E-state index contributed by atoms with van der Waals surface area (Å²) in [4.78, 5) is 9.07. The van der Waals surface area contributed by atoms with Crippen molar-refractivity contribution in [2.45, 2.75) is 63.8 Å². The van der Waals surface area contributed by atoms with E-state index in [0.29, 0.717) is 6.04 Å². The predicted octanol–water partition coefficient (Wildman–Crippen LogP) is 3.35. The van der Waals surface area contributed by atoms with Gasteiger partial charge >= 0.3 is 0 Å². The smallest absolute Gasteiger partial charge is 0.133 e. The first-order valence-corrected chi connectivity index (χ1v) is 7.99. The summed E-state index contributed by atoms with van der Waals surface area (Å²) in [6, 6.07) is 0.681. The van der Waals surface area contributed by atoms with Gasteiger partial charge in [-0.05, 0) is 56.8 Å². The number of fused-ring (bicyclic) bond motifs is 3. The number of nitrogens with zero attached hydrogens (tertiary/aromatic N) is 2. The van der Waals surface area contributed by atoms with Gasteiger partial charge in [0.2, 0.25) is 0 Å². The average Bonchev–Trinajstić information content (AvgIpc) is 2.94. The number of anilines is 1. The Kier molecular flexibility index (Phi) is 2.93. The van der Waals surface area contributed by atoms with Gasteiger partial charge in [-0.3, -0.25) is 0 Å². The third-order valence-electron chi connectivity index (χ3n) is 5.44. The van der Waals surface area contributed by atoms with Crippen LogP contribution in [0.1, 0.15) is 56.2 Å². The molecule has 3 unspecified atom stereocenters. The van der Waals surface area contributed by atoms with Crippen LogP contribution in [0, 0.1) is 11.8 Å². The van der Waals surface area contributed by atoms with Crippen molar-refractivity contribution in [2.24, 2.45) is 11.8 Å². The number of aromatic nitrogens is 2. The van der Waals surface area contributed by atoms with Gasteiger partial charge < -0.3 is 5.32 Å². The summed E-state index contributed by atoms with van der Waals surface area (Å²) in [7, 11) is 0. The Morgan fingerprint density at radius 2 is 1.95 bits per heavy atom. The molecule has 0 spiro atoms. The maximum Gasteiger partial charge on any atom is 0.133 e. The predicted molar refractivity (Wildman–Crippen MR) is 76.1 cm³/mol. The number of hydrogen-bond acceptors (Lipinski definition) is 3. The quantitative estimate of drug-likeness (QED) is 0.826. The molecule has 1 aromatic heterocycles. The molecular formula is C16H23N3. The average molecular weight is 257 g/mol. The molecule has 2 bridgehead atoms. The van der Waals surface area contributed by atoms with Crippen LogP contribution in [0.25, 0.3) is 0 Å². The van der Waals surface area contributed by atoms with Crippen LogP contribution in [-0.2, 0) is 12.8 Å². The van der Waals surface area contributed by atoms with Gasteiger partial charge in [-0.25, -0.2) is 9.97 Å². The molecule has 3 nitrogen and oxygen atoms in total.